The van der Waals surface area contributed by atoms with Crippen molar-refractivity contribution in [2.75, 3.05) is 25.1 Å². The number of benzene rings is 2. The van der Waals surface area contributed by atoms with E-state index >= 15 is 0 Å². The number of ketones is 1. The van der Waals surface area contributed by atoms with Gasteiger partial charge in [0.1, 0.15) is 4.90 Å². The summed E-state index contributed by atoms with van der Waals surface area (Å²) < 4.78 is 44.8. The number of fused-ring (bicyclic) bond motifs is 1. The maximum Gasteiger partial charge on any atom is 0.331 e. The van der Waals surface area contributed by atoms with Crippen LogP contribution >= 0.6 is 0 Å². The summed E-state index contributed by atoms with van der Waals surface area (Å²) in [5.41, 5.74) is 1.99. The van der Waals surface area contributed by atoms with Gasteiger partial charge in [0, 0.05) is 19.0 Å². The van der Waals surface area contributed by atoms with Gasteiger partial charge < -0.3 is 14.2 Å². The fourth-order valence-electron chi connectivity index (χ4n) is 4.33. The van der Waals surface area contributed by atoms with Crippen LogP contribution in [0.25, 0.3) is 6.08 Å². The van der Waals surface area contributed by atoms with E-state index in [1.54, 1.807) is 18.2 Å². The molecule has 9 heteroatoms. The zero-order valence-corrected chi connectivity index (χ0v) is 20.0. The molecule has 0 amide bonds. The molecule has 1 aliphatic heterocycles. The average Bonchev–Trinajstić information content (AvgIpc) is 3.28. The molecule has 1 unspecified atom stereocenters. The minimum atomic E-state index is -3.98. The molecule has 4 rings (SSSR count). The molecule has 1 atom stereocenters. The Bertz CT molecular complexity index is 1240. The monoisotopic (exact) mass is 485 g/mol. The Hall–Kier alpha value is -3.33. The summed E-state index contributed by atoms with van der Waals surface area (Å²) >= 11 is 0. The predicted molar refractivity (Wildman–Crippen MR) is 127 cm³/mol. The minimum Gasteiger partial charge on any atom is -0.493 e. The van der Waals surface area contributed by atoms with Crippen LogP contribution in [0.5, 0.6) is 11.5 Å². The van der Waals surface area contributed by atoms with Crippen molar-refractivity contribution in [3.05, 3.63) is 53.6 Å². The molecule has 0 saturated heterocycles. The van der Waals surface area contributed by atoms with E-state index < -0.39 is 22.1 Å². The van der Waals surface area contributed by atoms with Crippen LogP contribution in [0.15, 0.2) is 47.4 Å². The highest BCUT2D eigenvalue weighted by Gasteiger charge is 2.34. The minimum absolute atomic E-state index is 0.0680. The summed E-state index contributed by atoms with van der Waals surface area (Å²) in [6, 6.07) is 10.4. The highest BCUT2D eigenvalue weighted by Crippen LogP contribution is 2.40. The second kappa shape index (κ2) is 9.89. The number of sulfonamides is 1. The first-order valence-electron chi connectivity index (χ1n) is 11.1. The largest absolute Gasteiger partial charge is 0.493 e. The third-order valence-corrected chi connectivity index (χ3v) is 7.87. The number of carbonyl (C=O) groups is 2. The van der Waals surface area contributed by atoms with E-state index in [0.717, 1.165) is 18.4 Å². The number of Topliss-reactive ketones (excluding diaryl/α,β-unsaturated/α-hetero) is 1. The van der Waals surface area contributed by atoms with Gasteiger partial charge in [0.25, 0.3) is 10.0 Å². The smallest absolute Gasteiger partial charge is 0.331 e. The van der Waals surface area contributed by atoms with Gasteiger partial charge in [-0.25, -0.2) is 13.2 Å². The van der Waals surface area contributed by atoms with Crippen molar-refractivity contribution in [2.24, 2.45) is 0 Å². The van der Waals surface area contributed by atoms with E-state index in [1.807, 2.05) is 12.1 Å². The zero-order valence-electron chi connectivity index (χ0n) is 19.2. The van der Waals surface area contributed by atoms with Crippen molar-refractivity contribution in [3.63, 3.8) is 0 Å². The van der Waals surface area contributed by atoms with Crippen LogP contribution < -0.4 is 13.8 Å². The lowest BCUT2D eigenvalue weighted by atomic mass is 9.96. The first-order valence-corrected chi connectivity index (χ1v) is 12.6. The highest BCUT2D eigenvalue weighted by molar-refractivity contribution is 7.93. The number of esters is 1. The predicted octanol–water partition coefficient (Wildman–Crippen LogP) is 3.52. The summed E-state index contributed by atoms with van der Waals surface area (Å²) in [6.07, 6.45) is 5.10. The molecule has 8 nitrogen and oxygen atoms in total. The fourth-order valence-corrected chi connectivity index (χ4v) is 6.04. The molecule has 180 valence electrons. The van der Waals surface area contributed by atoms with E-state index in [4.69, 9.17) is 14.2 Å². The Morgan fingerprint density at radius 1 is 1.09 bits per heavy atom. The molecule has 1 heterocycles. The number of anilines is 1. The number of nitrogens with zero attached hydrogens (tertiary/aromatic N) is 1. The molecule has 2 aliphatic rings. The van der Waals surface area contributed by atoms with Crippen molar-refractivity contribution in [1.29, 1.82) is 0 Å². The average molecular weight is 486 g/mol. The van der Waals surface area contributed by atoms with Crippen LogP contribution in [0.2, 0.25) is 0 Å². The molecule has 0 N–H and O–H groups in total. The van der Waals surface area contributed by atoms with Gasteiger partial charge in [0.2, 0.25) is 0 Å². The Morgan fingerprint density at radius 2 is 1.88 bits per heavy atom. The summed E-state index contributed by atoms with van der Waals surface area (Å²) in [6.45, 7) is 0.314. The quantitative estimate of drug-likeness (QED) is 0.437. The molecule has 1 aliphatic carbocycles. The number of methoxy groups -OCH3 is 2. The molecule has 0 bridgehead atoms. The lowest BCUT2D eigenvalue weighted by molar-refractivity contribution is -0.152. The Balaban J connectivity index is 1.65. The SMILES string of the molecule is COc1cc(C=CC(=O)OC2CCCCC2=O)cc(S(=O)(=O)N2CCc3ccccc32)c1OC. The van der Waals surface area contributed by atoms with Crippen molar-refractivity contribution >= 4 is 33.5 Å². The lowest BCUT2D eigenvalue weighted by Gasteiger charge is -2.22. The van der Waals surface area contributed by atoms with Crippen LogP contribution in [-0.4, -0.2) is 47.0 Å². The molecule has 1 fully saturated rings. The zero-order chi connectivity index (χ0) is 24.3. The van der Waals surface area contributed by atoms with Gasteiger partial charge in [0.15, 0.2) is 23.4 Å². The Kier molecular flexibility index (Phi) is 6.92. The van der Waals surface area contributed by atoms with Gasteiger partial charge in [-0.2, -0.15) is 0 Å². The van der Waals surface area contributed by atoms with E-state index in [-0.39, 0.29) is 22.2 Å². The topological polar surface area (TPSA) is 99.2 Å². The van der Waals surface area contributed by atoms with Gasteiger partial charge >= 0.3 is 5.97 Å². The van der Waals surface area contributed by atoms with E-state index in [0.29, 0.717) is 37.1 Å². The third-order valence-electron chi connectivity index (χ3n) is 6.05. The lowest BCUT2D eigenvalue weighted by Crippen LogP contribution is -2.29. The molecular formula is C25H27NO7S. The molecule has 0 radical (unpaired) electrons. The molecule has 1 saturated carbocycles. The number of para-hydroxylation sites is 1. The molecular weight excluding hydrogens is 458 g/mol. The van der Waals surface area contributed by atoms with Gasteiger partial charge in [-0.15, -0.1) is 0 Å². The van der Waals surface area contributed by atoms with E-state index in [2.05, 4.69) is 0 Å². The van der Waals surface area contributed by atoms with Crippen molar-refractivity contribution in [1.82, 2.24) is 0 Å². The van der Waals surface area contributed by atoms with Crippen LogP contribution in [0.3, 0.4) is 0 Å². The van der Waals surface area contributed by atoms with Crippen molar-refractivity contribution < 1.29 is 32.2 Å². The van der Waals surface area contributed by atoms with E-state index in [1.165, 1.54) is 36.7 Å². The molecule has 2 aromatic rings. The standard InChI is InChI=1S/C25H27NO7S/c1-31-22-15-17(11-12-24(28)33-21-10-6-5-9-20(21)27)16-23(25(22)32-2)34(29,30)26-14-13-18-7-3-4-8-19(18)26/h3-4,7-8,11-12,15-16,21H,5-6,9-10,13-14H2,1-2H3. The number of carbonyl (C=O) groups excluding carboxylic acids is 2. The van der Waals surface area contributed by atoms with Crippen LogP contribution in [0, 0.1) is 0 Å². The number of ether oxygens (including phenoxy) is 3. The molecule has 2 aromatic carbocycles. The fraction of sp³-hybridized carbons (Fsp3) is 0.360. The molecule has 0 spiro atoms. The number of rotatable bonds is 7. The molecule has 34 heavy (non-hydrogen) atoms. The van der Waals surface area contributed by atoms with Gasteiger partial charge in [-0.1, -0.05) is 18.2 Å². The van der Waals surface area contributed by atoms with Crippen LogP contribution in [-0.2, 0) is 30.8 Å². The summed E-state index contributed by atoms with van der Waals surface area (Å²) in [5.74, 6) is -0.433. The van der Waals surface area contributed by atoms with E-state index in [9.17, 15) is 18.0 Å². The van der Waals surface area contributed by atoms with Gasteiger partial charge in [-0.3, -0.25) is 9.10 Å². The van der Waals surface area contributed by atoms with Crippen molar-refractivity contribution in [2.45, 2.75) is 43.1 Å². The maximum absolute atomic E-state index is 13.7. The van der Waals surface area contributed by atoms with Crippen LogP contribution in [0.4, 0.5) is 5.69 Å². The highest BCUT2D eigenvalue weighted by atomic mass is 32.2. The number of hydrogen-bond acceptors (Lipinski definition) is 7. The van der Waals surface area contributed by atoms with Crippen LogP contribution in [0.1, 0.15) is 36.8 Å². The molecule has 0 aromatic heterocycles. The maximum atomic E-state index is 13.7. The first kappa shape index (κ1) is 23.8. The summed E-state index contributed by atoms with van der Waals surface area (Å²) in [4.78, 5) is 24.1. The second-order valence-electron chi connectivity index (χ2n) is 8.18. The van der Waals surface area contributed by atoms with Gasteiger partial charge in [0.05, 0.1) is 19.9 Å². The van der Waals surface area contributed by atoms with Crippen molar-refractivity contribution in [3.8, 4) is 11.5 Å². The first-order chi connectivity index (χ1) is 16.3. The summed E-state index contributed by atoms with van der Waals surface area (Å²) in [7, 11) is -1.19. The number of hydrogen-bond donors (Lipinski definition) is 0. The Morgan fingerprint density at radius 3 is 2.62 bits per heavy atom. The Labute approximate surface area is 199 Å². The second-order valence-corrected chi connectivity index (χ2v) is 10.0. The normalized spacial score (nSPS) is 18.1. The summed E-state index contributed by atoms with van der Waals surface area (Å²) in [5, 5.41) is 0. The third kappa shape index (κ3) is 4.65. The van der Waals surface area contributed by atoms with Gasteiger partial charge in [-0.05, 0) is 61.1 Å².